The van der Waals surface area contributed by atoms with Crippen LogP contribution in [0.25, 0.3) is 0 Å². The summed E-state index contributed by atoms with van der Waals surface area (Å²) in [4.78, 5) is 0. The average molecular weight is 757 g/mol. The van der Waals surface area contributed by atoms with E-state index >= 15 is 0 Å². The van der Waals surface area contributed by atoms with Gasteiger partial charge in [0.25, 0.3) is 12.9 Å². The SMILES string of the molecule is Cc1ccoc1C.Cc1ccoc1C.Cc1coc(C(F)(F)F)c1.Cc1coc(C(F)F)c1.Cc1cocc1C(F)(F)F.Cc1cocc1C(F)F. The van der Waals surface area contributed by atoms with E-state index in [1.165, 1.54) is 36.6 Å². The fourth-order valence-electron chi connectivity index (χ4n) is 3.29. The predicted molar refractivity (Wildman–Crippen MR) is 170 cm³/mol. The highest BCUT2D eigenvalue weighted by Crippen LogP contribution is 2.32. The molecule has 6 nitrogen and oxygen atoms in total. The molecule has 0 fully saturated rings. The van der Waals surface area contributed by atoms with Gasteiger partial charge in [-0.1, -0.05) is 0 Å². The van der Waals surface area contributed by atoms with E-state index in [2.05, 4.69) is 17.7 Å². The highest BCUT2D eigenvalue weighted by Gasteiger charge is 2.34. The molecule has 0 radical (unpaired) electrons. The van der Waals surface area contributed by atoms with E-state index in [0.717, 1.165) is 41.9 Å². The van der Waals surface area contributed by atoms with E-state index < -0.39 is 36.5 Å². The van der Waals surface area contributed by atoms with Gasteiger partial charge < -0.3 is 26.5 Å². The maximum atomic E-state index is 11.8. The minimum Gasteiger partial charge on any atom is -0.472 e. The standard InChI is InChI=1S/2C6H5F3O.2C6H6F2O.2C6H8O/c1-4-2-10-3-5(4)6(7,8)9;1-4-2-5(10-3-4)6(7,8)9;1-4-2-9-3-5(4)6(7)8;1-4-2-5(6(7)8)9-3-4;2*1-5-3-4-7-6(5)2/h2*2-3H,1H3;2*2-3,6H,1H3;2*3-4H,1-2H3. The summed E-state index contributed by atoms with van der Waals surface area (Å²) in [6, 6.07) is 6.19. The van der Waals surface area contributed by atoms with Gasteiger partial charge in [-0.05, 0) is 113 Å². The van der Waals surface area contributed by atoms with Crippen molar-refractivity contribution >= 4 is 0 Å². The van der Waals surface area contributed by atoms with Crippen LogP contribution in [0.4, 0.5) is 43.9 Å². The molecule has 288 valence electrons. The molecule has 0 unspecified atom stereocenters. The fraction of sp³-hybridized carbons (Fsp3) is 0.333. The van der Waals surface area contributed by atoms with Crippen LogP contribution >= 0.6 is 0 Å². The minimum absolute atomic E-state index is 0.0185. The number of furan rings is 6. The number of alkyl halides is 10. The van der Waals surface area contributed by atoms with Crippen LogP contribution in [0.5, 0.6) is 0 Å². The number of hydrogen-bond acceptors (Lipinski definition) is 6. The maximum absolute atomic E-state index is 11.8. The molecule has 0 aliphatic heterocycles. The largest absolute Gasteiger partial charge is 0.472 e. The molecule has 0 N–H and O–H groups in total. The van der Waals surface area contributed by atoms with Gasteiger partial charge in [0, 0.05) is 0 Å². The Labute approximate surface area is 293 Å². The third-order valence-electron chi connectivity index (χ3n) is 6.50. The van der Waals surface area contributed by atoms with Gasteiger partial charge in [-0.15, -0.1) is 0 Å². The van der Waals surface area contributed by atoms with Crippen LogP contribution < -0.4 is 0 Å². The number of aryl methyl sites for hydroxylation is 8. The summed E-state index contributed by atoms with van der Waals surface area (Å²) >= 11 is 0. The first kappa shape index (κ1) is 45.0. The van der Waals surface area contributed by atoms with Crippen LogP contribution in [0, 0.1) is 55.4 Å². The summed E-state index contributed by atoms with van der Waals surface area (Å²) < 4.78 is 145. The lowest BCUT2D eigenvalue weighted by atomic mass is 10.2. The molecule has 0 saturated heterocycles. The van der Waals surface area contributed by atoms with Gasteiger partial charge in [0.15, 0.2) is 5.76 Å². The first-order valence-corrected chi connectivity index (χ1v) is 14.9. The van der Waals surface area contributed by atoms with E-state index in [9.17, 15) is 43.9 Å². The van der Waals surface area contributed by atoms with Gasteiger partial charge >= 0.3 is 12.4 Å². The van der Waals surface area contributed by atoms with Crippen LogP contribution in [-0.2, 0) is 12.4 Å². The third-order valence-corrected chi connectivity index (χ3v) is 6.50. The van der Waals surface area contributed by atoms with Crippen molar-refractivity contribution < 1.29 is 70.4 Å². The molecule has 0 aliphatic carbocycles. The highest BCUT2D eigenvalue weighted by molar-refractivity contribution is 5.22. The predicted octanol–water partition coefficient (Wildman–Crippen LogP) is 14.1. The van der Waals surface area contributed by atoms with Crippen molar-refractivity contribution in [2.75, 3.05) is 0 Å². The molecule has 6 aromatic rings. The summed E-state index contributed by atoms with van der Waals surface area (Å²) in [6.45, 7) is 14.1. The van der Waals surface area contributed by atoms with Gasteiger partial charge in [0.2, 0.25) is 5.76 Å². The smallest absolute Gasteiger partial charge is 0.449 e. The summed E-state index contributed by atoms with van der Waals surface area (Å²) in [5.74, 6) is 0.831. The second kappa shape index (κ2) is 20.7. The Balaban J connectivity index is 0.000000314. The Morgan fingerprint density at radius 3 is 1.13 bits per heavy atom. The Morgan fingerprint density at radius 2 is 0.962 bits per heavy atom. The second-order valence-electron chi connectivity index (χ2n) is 10.9. The average Bonchev–Trinajstić information content (AvgIpc) is 3.89. The van der Waals surface area contributed by atoms with Gasteiger partial charge in [-0.25, -0.2) is 17.6 Å². The molecule has 0 atom stereocenters. The normalized spacial score (nSPS) is 10.8. The first-order valence-electron chi connectivity index (χ1n) is 14.9. The lowest BCUT2D eigenvalue weighted by molar-refractivity contribution is -0.153. The molecule has 0 amide bonds. The van der Waals surface area contributed by atoms with Gasteiger partial charge in [0.05, 0.1) is 55.0 Å². The van der Waals surface area contributed by atoms with E-state index in [1.54, 1.807) is 33.3 Å². The quantitative estimate of drug-likeness (QED) is 0.164. The summed E-state index contributed by atoms with van der Waals surface area (Å²) in [7, 11) is 0. The van der Waals surface area contributed by atoms with Gasteiger partial charge in [0.1, 0.15) is 17.8 Å². The van der Waals surface area contributed by atoms with Crippen molar-refractivity contribution in [3.63, 3.8) is 0 Å². The first-order chi connectivity index (χ1) is 24.0. The zero-order valence-corrected chi connectivity index (χ0v) is 29.3. The Hall–Kier alpha value is -5.02. The molecule has 6 heterocycles. The minimum atomic E-state index is -4.35. The Kier molecular flexibility index (Phi) is 17.9. The van der Waals surface area contributed by atoms with E-state index in [1.807, 2.05) is 39.8 Å². The monoisotopic (exact) mass is 756 g/mol. The Bertz CT molecular complexity index is 1760. The van der Waals surface area contributed by atoms with Crippen LogP contribution in [0.1, 0.15) is 80.4 Å². The Morgan fingerprint density at radius 1 is 0.481 bits per heavy atom. The molecule has 16 heteroatoms. The molecule has 0 spiro atoms. The molecule has 0 aliphatic rings. The van der Waals surface area contributed by atoms with Crippen molar-refractivity contribution in [2.45, 2.75) is 80.6 Å². The van der Waals surface area contributed by atoms with Crippen LogP contribution in [-0.4, -0.2) is 0 Å². The molecule has 6 rings (SSSR count). The molecule has 6 aromatic heterocycles. The lowest BCUT2D eigenvalue weighted by Crippen LogP contribution is -2.04. The van der Waals surface area contributed by atoms with Crippen molar-refractivity contribution in [2.24, 2.45) is 0 Å². The highest BCUT2D eigenvalue weighted by atomic mass is 19.4. The van der Waals surface area contributed by atoms with E-state index in [0.29, 0.717) is 17.4 Å². The number of rotatable bonds is 2. The van der Waals surface area contributed by atoms with Crippen molar-refractivity contribution in [3.8, 4) is 0 Å². The lowest BCUT2D eigenvalue weighted by Gasteiger charge is -2.01. The zero-order chi connectivity index (χ0) is 39.8. The van der Waals surface area contributed by atoms with Gasteiger partial charge in [-0.2, -0.15) is 26.3 Å². The number of halogens is 10. The summed E-state index contributed by atoms with van der Waals surface area (Å²) in [5.41, 5.74) is 3.55. The molecule has 52 heavy (non-hydrogen) atoms. The molecule has 0 bridgehead atoms. The molecular formula is C36H38F10O6. The van der Waals surface area contributed by atoms with Crippen molar-refractivity contribution in [1.82, 2.24) is 0 Å². The van der Waals surface area contributed by atoms with E-state index in [-0.39, 0.29) is 16.9 Å². The maximum Gasteiger partial charge on any atom is 0.449 e. The van der Waals surface area contributed by atoms with Crippen LogP contribution in [0.3, 0.4) is 0 Å². The molecule has 0 aromatic carbocycles. The van der Waals surface area contributed by atoms with Crippen molar-refractivity contribution in [1.29, 1.82) is 0 Å². The second-order valence-corrected chi connectivity index (χ2v) is 10.9. The van der Waals surface area contributed by atoms with Crippen molar-refractivity contribution in [3.05, 3.63) is 142 Å². The third kappa shape index (κ3) is 16.3. The summed E-state index contributed by atoms with van der Waals surface area (Å²) in [5, 5.41) is 0. The molecule has 0 saturated carbocycles. The topological polar surface area (TPSA) is 78.8 Å². The van der Waals surface area contributed by atoms with Crippen LogP contribution in [0.15, 0.2) is 101 Å². The summed E-state index contributed by atoms with van der Waals surface area (Å²) in [6.07, 6.45) is -3.60. The zero-order valence-electron chi connectivity index (χ0n) is 29.3. The molecular weight excluding hydrogens is 718 g/mol. The van der Waals surface area contributed by atoms with Crippen LogP contribution in [0.2, 0.25) is 0 Å². The number of hydrogen-bond donors (Lipinski definition) is 0. The fourth-order valence-corrected chi connectivity index (χ4v) is 3.29. The van der Waals surface area contributed by atoms with Gasteiger partial charge in [-0.3, -0.25) is 0 Å². The van der Waals surface area contributed by atoms with E-state index in [4.69, 9.17) is 8.83 Å².